The van der Waals surface area contributed by atoms with Crippen LogP contribution < -0.4 is 5.32 Å². The summed E-state index contributed by atoms with van der Waals surface area (Å²) in [6.45, 7) is 10.3. The van der Waals surface area contributed by atoms with Gasteiger partial charge in [0.25, 0.3) is 0 Å². The number of nitrogens with one attached hydrogen (secondary N) is 3. The first-order valence-electron chi connectivity index (χ1n) is 12.6. The summed E-state index contributed by atoms with van der Waals surface area (Å²) in [5.74, 6) is 0. The fourth-order valence-electron chi connectivity index (χ4n) is 4.10. The molecule has 5 aromatic rings. The van der Waals surface area contributed by atoms with Crippen LogP contribution in [0.15, 0.2) is 48.8 Å². The highest BCUT2D eigenvalue weighted by atomic mass is 127. The van der Waals surface area contributed by atoms with E-state index in [1.54, 1.807) is 12.4 Å². The Morgan fingerprint density at radius 2 is 1.59 bits per heavy atom. The highest BCUT2D eigenvalue weighted by Crippen LogP contribution is 2.35. The molecule has 0 aliphatic carbocycles. The zero-order chi connectivity index (χ0) is 29.1. The average Bonchev–Trinajstić information content (AvgIpc) is 3.50. The Morgan fingerprint density at radius 3 is 2.20 bits per heavy atom. The van der Waals surface area contributed by atoms with Crippen molar-refractivity contribution in [2.24, 2.45) is 0 Å². The summed E-state index contributed by atoms with van der Waals surface area (Å²) in [6, 6.07) is 12.1. The van der Waals surface area contributed by atoms with Crippen molar-refractivity contribution in [2.45, 2.75) is 52.1 Å². The van der Waals surface area contributed by atoms with Crippen LogP contribution in [0.4, 0.5) is 4.79 Å². The zero-order valence-electron chi connectivity index (χ0n) is 23.3. The highest BCUT2D eigenvalue weighted by molar-refractivity contribution is 14.1. The number of fused-ring (bicyclic) bond motifs is 2. The van der Waals surface area contributed by atoms with Gasteiger partial charge in [-0.25, -0.2) is 14.8 Å². The van der Waals surface area contributed by atoms with Gasteiger partial charge in [0.05, 0.1) is 10.8 Å². The van der Waals surface area contributed by atoms with E-state index in [0.717, 1.165) is 37.5 Å². The van der Waals surface area contributed by atoms with Gasteiger partial charge in [-0.05, 0) is 78.6 Å². The second-order valence-corrected chi connectivity index (χ2v) is 12.4. The third kappa shape index (κ3) is 7.69. The molecule has 4 aromatic heterocycles. The number of carbonyl (C=O) groups excluding carboxylic acids is 1. The molecule has 0 spiro atoms. The first-order chi connectivity index (χ1) is 18.9. The Morgan fingerprint density at radius 1 is 0.976 bits per heavy atom. The summed E-state index contributed by atoms with van der Waals surface area (Å²) in [7, 11) is 0. The van der Waals surface area contributed by atoms with E-state index >= 15 is 0 Å². The van der Waals surface area contributed by atoms with Gasteiger partial charge >= 0.3 is 6.09 Å². The van der Waals surface area contributed by atoms with Crippen LogP contribution in [0.5, 0.6) is 0 Å². The molecule has 9 nitrogen and oxygen atoms in total. The number of hydrogen-bond donors (Lipinski definition) is 3. The Hall–Kier alpha value is -2.90. The molecule has 3 radical (unpaired) electrons. The lowest BCUT2D eigenvalue weighted by Gasteiger charge is -2.30. The van der Waals surface area contributed by atoms with Crippen molar-refractivity contribution in [3.63, 3.8) is 0 Å². The lowest BCUT2D eigenvalue weighted by Crippen LogP contribution is -2.41. The molecular weight excluding hydrogens is 675 g/mol. The number of pyridine rings is 2. The number of rotatable bonds is 5. The molecule has 213 valence electrons. The lowest BCUT2D eigenvalue weighted by atomic mass is 9.79. The highest BCUT2D eigenvalue weighted by Gasteiger charge is 2.27. The van der Waals surface area contributed by atoms with Crippen molar-refractivity contribution in [3.8, 4) is 11.1 Å². The minimum atomic E-state index is -0.525. The molecule has 1 aromatic carbocycles. The Labute approximate surface area is 264 Å². The molecule has 5 rings (SSSR count). The number of nitrogens with zero attached hydrogens (tertiary/aromatic N) is 4. The molecule has 1 unspecified atom stereocenters. The first kappa shape index (κ1) is 32.6. The van der Waals surface area contributed by atoms with Gasteiger partial charge < -0.3 is 10.1 Å². The van der Waals surface area contributed by atoms with Gasteiger partial charge in [-0.3, -0.25) is 10.2 Å². The van der Waals surface area contributed by atoms with Crippen LogP contribution in [0.3, 0.4) is 0 Å². The van der Waals surface area contributed by atoms with Crippen molar-refractivity contribution in [3.05, 3.63) is 68.2 Å². The van der Waals surface area contributed by atoms with Crippen LogP contribution in [0.25, 0.3) is 33.2 Å². The quantitative estimate of drug-likeness (QED) is 0.130. The van der Waals surface area contributed by atoms with E-state index in [1.807, 2.05) is 45.0 Å². The van der Waals surface area contributed by atoms with Crippen molar-refractivity contribution < 1.29 is 9.53 Å². The summed E-state index contributed by atoms with van der Waals surface area (Å²) in [5, 5.41) is 19.1. The predicted molar refractivity (Wildman–Crippen MR) is 174 cm³/mol. The van der Waals surface area contributed by atoms with E-state index < -0.39 is 11.7 Å². The maximum Gasteiger partial charge on any atom is 0.407 e. The number of H-pyrrole nitrogens is 2. The molecule has 0 aliphatic rings. The van der Waals surface area contributed by atoms with E-state index in [-0.39, 0.29) is 13.8 Å². The van der Waals surface area contributed by atoms with Gasteiger partial charge in [0.1, 0.15) is 15.9 Å². The van der Waals surface area contributed by atoms with E-state index in [0.29, 0.717) is 28.1 Å². The standard InChI is InChI=1S/C22H27ClN4O2.C6H3ClIN3.B/c1-6-22(5,13-25-20(28)29-21(2,3)4)15-9-7-8-14(12-15)16-10-11-24-19-17(16)18(23)26-27-19;7-5-4-3(8)1-2-9-6(4)11-10-5;/h7-12H,6,13H2,1-5H3,(H,25,28)(H,24,26,27);1-2H,(H,9,10,11);. The van der Waals surface area contributed by atoms with Crippen LogP contribution >= 0.6 is 45.8 Å². The Kier molecular flexibility index (Phi) is 10.7. The van der Waals surface area contributed by atoms with E-state index in [4.69, 9.17) is 27.9 Å². The Balaban J connectivity index is 0.000000321. The normalized spacial score (nSPS) is 12.7. The Bertz CT molecular complexity index is 1650. The second kappa shape index (κ2) is 13.4. The number of halogens is 3. The number of ether oxygens (including phenoxy) is 1. The number of aromatic nitrogens is 6. The summed E-state index contributed by atoms with van der Waals surface area (Å²) >= 11 is 14.3. The molecule has 1 atom stereocenters. The van der Waals surface area contributed by atoms with Gasteiger partial charge in [0, 0.05) is 36.3 Å². The fourth-order valence-corrected chi connectivity index (χ4v) is 5.39. The molecule has 0 fully saturated rings. The number of hydrogen-bond acceptors (Lipinski definition) is 6. The van der Waals surface area contributed by atoms with Crippen molar-refractivity contribution >= 4 is 82.4 Å². The van der Waals surface area contributed by atoms with Gasteiger partial charge in [-0.1, -0.05) is 61.3 Å². The molecule has 4 heterocycles. The van der Waals surface area contributed by atoms with Crippen LogP contribution in [0.1, 0.15) is 46.6 Å². The smallest absolute Gasteiger partial charge is 0.407 e. The van der Waals surface area contributed by atoms with Gasteiger partial charge in [-0.2, -0.15) is 10.2 Å². The van der Waals surface area contributed by atoms with Crippen LogP contribution in [0.2, 0.25) is 10.3 Å². The lowest BCUT2D eigenvalue weighted by molar-refractivity contribution is 0.0515. The minimum Gasteiger partial charge on any atom is -0.444 e. The largest absolute Gasteiger partial charge is 0.444 e. The van der Waals surface area contributed by atoms with E-state index in [9.17, 15) is 4.79 Å². The van der Waals surface area contributed by atoms with Crippen molar-refractivity contribution in [1.29, 1.82) is 0 Å². The van der Waals surface area contributed by atoms with Gasteiger partial charge in [0.15, 0.2) is 11.3 Å². The van der Waals surface area contributed by atoms with Crippen molar-refractivity contribution in [2.75, 3.05) is 6.54 Å². The first-order valence-corrected chi connectivity index (χ1v) is 14.5. The van der Waals surface area contributed by atoms with Crippen LogP contribution in [-0.2, 0) is 10.2 Å². The summed E-state index contributed by atoms with van der Waals surface area (Å²) < 4.78 is 6.44. The number of amides is 1. The van der Waals surface area contributed by atoms with Gasteiger partial charge in [-0.15, -0.1) is 0 Å². The maximum absolute atomic E-state index is 12.1. The van der Waals surface area contributed by atoms with Crippen LogP contribution in [-0.4, -0.2) is 57.0 Å². The minimum absolute atomic E-state index is 0. The number of alkyl carbamates (subject to hydrolysis) is 1. The third-order valence-corrected chi connectivity index (χ3v) is 7.89. The van der Waals surface area contributed by atoms with E-state index in [2.05, 4.69) is 84.3 Å². The monoisotopic (exact) mass is 704 g/mol. The molecule has 0 saturated carbocycles. The molecule has 13 heteroatoms. The molecule has 3 N–H and O–H groups in total. The zero-order valence-corrected chi connectivity index (χ0v) is 27.0. The maximum atomic E-state index is 12.1. The molecule has 0 aliphatic heterocycles. The second-order valence-electron chi connectivity index (χ2n) is 10.5. The molecule has 0 bridgehead atoms. The van der Waals surface area contributed by atoms with Crippen LogP contribution in [0, 0.1) is 3.57 Å². The molecule has 41 heavy (non-hydrogen) atoms. The molecular formula is C28H30BCl2IN7O2. The van der Waals surface area contributed by atoms with Gasteiger partial charge in [0.2, 0.25) is 0 Å². The summed E-state index contributed by atoms with van der Waals surface area (Å²) in [4.78, 5) is 20.4. The summed E-state index contributed by atoms with van der Waals surface area (Å²) in [5.41, 5.74) is 3.59. The van der Waals surface area contributed by atoms with Crippen molar-refractivity contribution in [1.82, 2.24) is 35.7 Å². The predicted octanol–water partition coefficient (Wildman–Crippen LogP) is 7.31. The molecule has 0 saturated heterocycles. The number of benzene rings is 1. The number of aromatic amines is 2. The average molecular weight is 705 g/mol. The SMILES string of the molecule is CCC(C)(CNC(=O)OC(C)(C)C)c1cccc(-c2ccnc3n[nH]c(Cl)c23)c1.Clc1[nH]nc2nccc(I)c12.[B]. The van der Waals surface area contributed by atoms with E-state index in [1.165, 1.54) is 0 Å². The fraction of sp³-hybridized carbons (Fsp3) is 0.321. The summed E-state index contributed by atoms with van der Waals surface area (Å²) in [6.07, 6.45) is 3.88. The molecule has 1 amide bonds. The number of carbonyl (C=O) groups is 1. The third-order valence-electron chi connectivity index (χ3n) is 6.44. The topological polar surface area (TPSA) is 121 Å².